The summed E-state index contributed by atoms with van der Waals surface area (Å²) in [5.74, 6) is -1.50. The van der Waals surface area contributed by atoms with E-state index >= 15 is 0 Å². The summed E-state index contributed by atoms with van der Waals surface area (Å²) in [6.45, 7) is 48.7. The van der Waals surface area contributed by atoms with Gasteiger partial charge in [0.2, 0.25) is 29.5 Å². The minimum absolute atomic E-state index is 0.0459. The highest BCUT2D eigenvalue weighted by atomic mass is 128. The monoisotopic (exact) mass is 1970 g/mol. The van der Waals surface area contributed by atoms with Gasteiger partial charge in [0.1, 0.15) is 5.78 Å². The van der Waals surface area contributed by atoms with Crippen molar-refractivity contribution in [3.05, 3.63) is 235 Å². The third-order valence-corrected chi connectivity index (χ3v) is 24.6. The second-order valence-electron chi connectivity index (χ2n) is 38.7. The van der Waals surface area contributed by atoms with Gasteiger partial charge < -0.3 is 36.7 Å². The maximum atomic E-state index is 13.5. The number of carbonyl (C=O) groups is 8. The van der Waals surface area contributed by atoms with Crippen molar-refractivity contribution < 1.29 is 38.4 Å². The quantitative estimate of drug-likeness (QED) is 0.0148. The van der Waals surface area contributed by atoms with Crippen molar-refractivity contribution in [1.29, 1.82) is 0 Å². The third kappa shape index (κ3) is 51.7. The van der Waals surface area contributed by atoms with Gasteiger partial charge in [-0.1, -0.05) is 241 Å². The number of amides is 5. The van der Waals surface area contributed by atoms with Crippen LogP contribution in [-0.4, -0.2) is 93.2 Å². The van der Waals surface area contributed by atoms with Crippen molar-refractivity contribution in [2.24, 2.45) is 33.5 Å². The molecule has 2 unspecified atom stereocenters. The van der Waals surface area contributed by atoms with Crippen LogP contribution in [0.3, 0.4) is 0 Å². The Hall–Kier alpha value is -7.42. The molecule has 4 aliphatic carbocycles. The number of halogens is 2. The van der Waals surface area contributed by atoms with E-state index < -0.39 is 11.8 Å². The Kier molecular flexibility index (Phi) is 58.6. The Balaban J connectivity index is 0.000000849. The zero-order valence-electron chi connectivity index (χ0n) is 82.8. The molecule has 4 rings (SSSR count). The van der Waals surface area contributed by atoms with E-state index in [1.54, 1.807) is 24.3 Å². The lowest BCUT2D eigenvalue weighted by Crippen LogP contribution is -2.33. The number of rotatable bonds is 52. The summed E-state index contributed by atoms with van der Waals surface area (Å²) in [4.78, 5) is 102. The van der Waals surface area contributed by atoms with E-state index in [9.17, 15) is 38.4 Å². The molecule has 704 valence electrons. The standard InChI is InChI=1S/C58H87N3O5.C53H81N3O3.I2/c1-43(31-33-52-47(5)26-20-35-57(52,8)9)22-17-24-45(3)40-51(63)42-50(56(66)61-39-15-12-14-37-59-54(64)30-19-28-49(7)62)29-13-16-38-60-55(65)41-46(4)25-18-23-44(2)32-34-53-48(6)27-21-36-58(53,10)11;1-40(28-30-48-44(5)25-19-32-52(48,7)8)21-17-23-42(3)37-47(57)39-46(51(59)56-36-15-12-14-34-54-11)27-13-16-35-55-50(58)38-43(4)24-18-22-41(2)29-31-49-45(6)26-20-33-53(49,9)10;1-2/h17-18,22-25,31-34,40-41,50H,12-16,19-21,26-30,35-39,42H2,1-11H3,(H,59,64)(H,60,65)(H,61,66);17-18,21-24,28-31,37-38,46,54H,12-16,19-20,25-27,32-36,39H2,1-11H3,(H,55,58)(H,56,59);/b24-17+,25-18+,33-31+,34-32+,43-22+,44-23+,45-40+,46-41+;23-17+,24-18+,30-28+,31-29+,40-21+,41-22+,42-37+,43-38+;. The SMILES string of the molecule is CC(=O)CCCC(=O)NCCCCCNC(=O)C(CCCCNC(=O)/C=C(C)/C=C/C=C(C)/C=C/C1=C(C)CCCC1(C)C)CC(=O)/C=C(C)/C=C/C=C(C)/C=C/C1=C(C)CCCC1(C)C.CNCCCCCNC(=O)C(CCCCNC(=O)/C=C(C)/C=C/C=C(C)/C=C/C1=C(C)CCCC1(C)C)CC(=O)/C=C(C)/C=C/C=C(C)/C=C/C1=C(C)CCCC1(C)C.II. The molecule has 0 aromatic carbocycles. The van der Waals surface area contributed by atoms with E-state index in [-0.39, 0.29) is 81.4 Å². The molecule has 0 aromatic rings. The van der Waals surface area contributed by atoms with Gasteiger partial charge in [-0.15, -0.1) is 0 Å². The first-order valence-corrected chi connectivity index (χ1v) is 53.8. The van der Waals surface area contributed by atoms with Gasteiger partial charge in [0.05, 0.1) is 0 Å². The smallest absolute Gasteiger partial charge is 0.244 e. The molecule has 0 aliphatic heterocycles. The summed E-state index contributed by atoms with van der Waals surface area (Å²) >= 11 is 4.24. The second kappa shape index (κ2) is 64.4. The first kappa shape index (κ1) is 116. The van der Waals surface area contributed by atoms with E-state index in [2.05, 4.69) is 247 Å². The maximum Gasteiger partial charge on any atom is 0.244 e. The van der Waals surface area contributed by atoms with Crippen molar-refractivity contribution in [1.82, 2.24) is 31.9 Å². The predicted molar refractivity (Wildman–Crippen MR) is 558 cm³/mol. The summed E-state index contributed by atoms with van der Waals surface area (Å²) in [6, 6.07) is 0. The molecule has 2 atom stereocenters. The molecule has 0 saturated heterocycles. The normalized spacial score (nSPS) is 18.1. The van der Waals surface area contributed by atoms with Gasteiger partial charge in [-0.05, 0) is 323 Å². The van der Waals surface area contributed by atoms with Crippen molar-refractivity contribution >= 4 is 84.1 Å². The maximum absolute atomic E-state index is 13.5. The lowest BCUT2D eigenvalue weighted by molar-refractivity contribution is -0.128. The molecule has 127 heavy (non-hydrogen) atoms. The number of carbonyl (C=O) groups excluding carboxylic acids is 8. The highest BCUT2D eigenvalue weighted by molar-refractivity contribution is 15.0. The van der Waals surface area contributed by atoms with Crippen LogP contribution >= 0.6 is 37.2 Å². The zero-order chi connectivity index (χ0) is 95.0. The molecule has 5 amide bonds. The molecule has 0 spiro atoms. The molecule has 0 heterocycles. The van der Waals surface area contributed by atoms with Gasteiger partial charge in [0.25, 0.3) is 0 Å². The van der Waals surface area contributed by atoms with Crippen LogP contribution in [0.1, 0.15) is 332 Å². The van der Waals surface area contributed by atoms with E-state index in [1.807, 2.05) is 89.4 Å². The Morgan fingerprint density at radius 1 is 0.331 bits per heavy atom. The molecule has 14 nitrogen and oxygen atoms in total. The molecular weight excluding hydrogens is 1800 g/mol. The molecule has 6 N–H and O–H groups in total. The Morgan fingerprint density at radius 3 is 0.898 bits per heavy atom. The van der Waals surface area contributed by atoms with Crippen LogP contribution in [-0.2, 0) is 38.4 Å². The van der Waals surface area contributed by atoms with Gasteiger partial charge in [0, 0.05) is 120 Å². The van der Waals surface area contributed by atoms with E-state index in [0.29, 0.717) is 77.7 Å². The highest BCUT2D eigenvalue weighted by Crippen LogP contribution is 2.44. The molecule has 0 radical (unpaired) electrons. The summed E-state index contributed by atoms with van der Waals surface area (Å²) in [5.41, 5.74) is 20.5. The lowest BCUT2D eigenvalue weighted by Gasteiger charge is -2.33. The summed E-state index contributed by atoms with van der Waals surface area (Å²) in [5, 5.41) is 18.1. The molecule has 0 saturated carbocycles. The van der Waals surface area contributed by atoms with Crippen LogP contribution < -0.4 is 31.9 Å². The minimum Gasteiger partial charge on any atom is -0.356 e. The van der Waals surface area contributed by atoms with Gasteiger partial charge in [-0.25, -0.2) is 0 Å². The number of hydrogen-bond donors (Lipinski definition) is 6. The number of Topliss-reactive ketones (excluding diaryl/α,β-unsaturated/α-hetero) is 1. The largest absolute Gasteiger partial charge is 0.356 e. The van der Waals surface area contributed by atoms with Crippen molar-refractivity contribution in [3.63, 3.8) is 0 Å². The molecular formula is C111H168I2N6O8. The van der Waals surface area contributed by atoms with Crippen LogP contribution in [0.4, 0.5) is 0 Å². The van der Waals surface area contributed by atoms with Crippen LogP contribution in [0.5, 0.6) is 0 Å². The Bertz CT molecular complexity index is 4240. The number of nitrogens with one attached hydrogen (secondary N) is 6. The molecule has 4 aliphatic rings. The van der Waals surface area contributed by atoms with Crippen molar-refractivity contribution in [2.75, 3.05) is 46.3 Å². The van der Waals surface area contributed by atoms with Crippen LogP contribution in [0.25, 0.3) is 0 Å². The molecule has 0 bridgehead atoms. The van der Waals surface area contributed by atoms with Gasteiger partial charge in [-0.2, -0.15) is 0 Å². The summed E-state index contributed by atoms with van der Waals surface area (Å²) in [7, 11) is 1.94. The number of allylic oxidation sites excluding steroid dienone is 38. The second-order valence-corrected chi connectivity index (χ2v) is 38.7. The van der Waals surface area contributed by atoms with Crippen LogP contribution in [0.15, 0.2) is 235 Å². The van der Waals surface area contributed by atoms with Crippen LogP contribution in [0, 0.1) is 33.5 Å². The third-order valence-electron chi connectivity index (χ3n) is 24.6. The average molecular weight is 1970 g/mol. The first-order valence-electron chi connectivity index (χ1n) is 47.5. The highest BCUT2D eigenvalue weighted by Gasteiger charge is 2.31. The van der Waals surface area contributed by atoms with E-state index in [4.69, 9.17) is 0 Å². The van der Waals surface area contributed by atoms with Crippen molar-refractivity contribution in [3.8, 4) is 0 Å². The number of ketones is 3. The van der Waals surface area contributed by atoms with E-state index in [0.717, 1.165) is 109 Å². The fourth-order valence-electron chi connectivity index (χ4n) is 17.0. The van der Waals surface area contributed by atoms with Gasteiger partial charge in [0.15, 0.2) is 11.6 Å². The van der Waals surface area contributed by atoms with Crippen LogP contribution in [0.2, 0.25) is 0 Å². The predicted octanol–water partition coefficient (Wildman–Crippen LogP) is 27.3. The summed E-state index contributed by atoms with van der Waals surface area (Å²) < 4.78 is 0. The Labute approximate surface area is 794 Å². The Morgan fingerprint density at radius 2 is 0.606 bits per heavy atom. The summed E-state index contributed by atoms with van der Waals surface area (Å²) in [6.07, 6.45) is 73.6. The fourth-order valence-corrected chi connectivity index (χ4v) is 17.0. The topological polar surface area (TPSA) is 209 Å². The number of hydrogen-bond acceptors (Lipinski definition) is 9. The lowest BCUT2D eigenvalue weighted by atomic mass is 9.72. The molecule has 0 fully saturated rings. The van der Waals surface area contributed by atoms with Gasteiger partial charge >= 0.3 is 0 Å². The first-order chi connectivity index (χ1) is 60.1. The number of unbranched alkanes of at least 4 members (excludes halogenated alkanes) is 6. The zero-order valence-corrected chi connectivity index (χ0v) is 87.1. The average Bonchev–Trinajstić information content (AvgIpc) is 0.836. The van der Waals surface area contributed by atoms with Gasteiger partial charge in [-0.3, -0.25) is 33.6 Å². The minimum atomic E-state index is -0.488. The molecule has 16 heteroatoms. The fraction of sp³-hybridized carbons (Fsp3) is 0.568. The molecule has 0 aromatic heterocycles. The van der Waals surface area contributed by atoms with Crippen molar-refractivity contribution in [2.45, 2.75) is 332 Å². The van der Waals surface area contributed by atoms with E-state index in [1.165, 1.54) is 122 Å².